The molecule has 0 saturated heterocycles. The first-order valence-electron chi connectivity index (χ1n) is 10.5. The number of amides is 3. The summed E-state index contributed by atoms with van der Waals surface area (Å²) in [6.07, 6.45) is 0. The van der Waals surface area contributed by atoms with Crippen LogP contribution in [0.15, 0.2) is 72.8 Å². The Kier molecular flexibility index (Phi) is 7.24. The Morgan fingerprint density at radius 2 is 1.59 bits per heavy atom. The quantitative estimate of drug-likeness (QED) is 0.517. The molecule has 0 unspecified atom stereocenters. The van der Waals surface area contributed by atoms with E-state index in [-0.39, 0.29) is 12.2 Å². The molecule has 0 radical (unpaired) electrons. The smallest absolute Gasteiger partial charge is 0.342 e. The number of urea groups is 1. The first-order valence-corrected chi connectivity index (χ1v) is 10.5. The van der Waals surface area contributed by atoms with Crippen LogP contribution in [0.4, 0.5) is 10.5 Å². The molecule has 0 atom stereocenters. The number of esters is 1. The minimum atomic E-state index is -0.786. The third-order valence-corrected chi connectivity index (χ3v) is 4.73. The summed E-state index contributed by atoms with van der Waals surface area (Å²) in [5.74, 6) is -0.129. The number of rotatable bonds is 7. The Hall–Kier alpha value is -4.53. The van der Waals surface area contributed by atoms with Crippen molar-refractivity contribution >= 4 is 23.6 Å². The molecule has 3 aromatic carbocycles. The summed E-state index contributed by atoms with van der Waals surface area (Å²) in [7, 11) is 0. The molecule has 0 fully saturated rings. The number of carbonyl (C=O) groups is 3. The highest BCUT2D eigenvalue weighted by Crippen LogP contribution is 2.32. The van der Waals surface area contributed by atoms with E-state index in [2.05, 4.69) is 10.6 Å². The second-order valence-electron chi connectivity index (χ2n) is 7.21. The van der Waals surface area contributed by atoms with Crippen LogP contribution in [0.1, 0.15) is 15.9 Å². The molecule has 0 spiro atoms. The van der Waals surface area contributed by atoms with Crippen LogP contribution in [0.25, 0.3) is 0 Å². The number of carbonyl (C=O) groups excluding carboxylic acids is 3. The minimum Gasteiger partial charge on any atom is -0.488 e. The van der Waals surface area contributed by atoms with Crippen molar-refractivity contribution in [3.8, 4) is 17.2 Å². The summed E-state index contributed by atoms with van der Waals surface area (Å²) >= 11 is 0. The van der Waals surface area contributed by atoms with Gasteiger partial charge in [0.25, 0.3) is 5.91 Å². The molecule has 0 aromatic heterocycles. The van der Waals surface area contributed by atoms with Crippen molar-refractivity contribution in [3.05, 3.63) is 83.9 Å². The Labute approximate surface area is 195 Å². The lowest BCUT2D eigenvalue weighted by molar-refractivity contribution is -0.123. The lowest BCUT2D eigenvalue weighted by Crippen LogP contribution is -2.37. The molecule has 3 aromatic rings. The van der Waals surface area contributed by atoms with Crippen molar-refractivity contribution < 1.29 is 33.3 Å². The number of benzene rings is 3. The number of anilines is 1. The molecule has 1 heterocycles. The van der Waals surface area contributed by atoms with Crippen LogP contribution < -0.4 is 24.8 Å². The van der Waals surface area contributed by atoms with Gasteiger partial charge in [-0.2, -0.15) is 0 Å². The van der Waals surface area contributed by atoms with E-state index in [1.165, 1.54) is 6.07 Å². The van der Waals surface area contributed by atoms with Crippen LogP contribution in [0.5, 0.6) is 17.2 Å². The molecule has 9 heteroatoms. The van der Waals surface area contributed by atoms with Gasteiger partial charge in [-0.25, -0.2) is 9.59 Å². The zero-order valence-electron chi connectivity index (χ0n) is 18.1. The van der Waals surface area contributed by atoms with E-state index in [0.717, 1.165) is 5.56 Å². The van der Waals surface area contributed by atoms with Gasteiger partial charge in [-0.15, -0.1) is 0 Å². The average molecular weight is 462 g/mol. The van der Waals surface area contributed by atoms with Crippen LogP contribution in [-0.2, 0) is 16.1 Å². The maximum absolute atomic E-state index is 12.5. The summed E-state index contributed by atoms with van der Waals surface area (Å²) in [6, 6.07) is 20.1. The summed E-state index contributed by atoms with van der Waals surface area (Å²) in [6.45, 7) is 0.496. The van der Waals surface area contributed by atoms with Crippen molar-refractivity contribution in [3.63, 3.8) is 0 Å². The summed E-state index contributed by atoms with van der Waals surface area (Å²) < 4.78 is 21.7. The normalized spacial score (nSPS) is 11.8. The van der Waals surface area contributed by atoms with Crippen LogP contribution >= 0.6 is 0 Å². The number of nitrogens with one attached hydrogen (secondary N) is 2. The van der Waals surface area contributed by atoms with E-state index in [1.54, 1.807) is 36.4 Å². The van der Waals surface area contributed by atoms with Gasteiger partial charge < -0.3 is 24.3 Å². The summed E-state index contributed by atoms with van der Waals surface area (Å²) in [4.78, 5) is 36.7. The Bertz CT molecular complexity index is 1180. The van der Waals surface area contributed by atoms with Gasteiger partial charge in [-0.1, -0.05) is 42.5 Å². The third kappa shape index (κ3) is 6.04. The van der Waals surface area contributed by atoms with Crippen molar-refractivity contribution in [2.45, 2.75) is 6.61 Å². The number of fused-ring (bicyclic) bond motifs is 1. The maximum atomic E-state index is 12.5. The van der Waals surface area contributed by atoms with E-state index < -0.39 is 24.5 Å². The number of ether oxygens (including phenoxy) is 4. The molecule has 3 amide bonds. The van der Waals surface area contributed by atoms with Crippen molar-refractivity contribution in [1.29, 1.82) is 0 Å². The molecule has 1 aliphatic rings. The summed E-state index contributed by atoms with van der Waals surface area (Å²) in [5, 5.41) is 4.62. The lowest BCUT2D eigenvalue weighted by Gasteiger charge is -2.19. The van der Waals surface area contributed by atoms with Crippen LogP contribution in [0.3, 0.4) is 0 Å². The zero-order chi connectivity index (χ0) is 23.8. The molecule has 2 N–H and O–H groups in total. The van der Waals surface area contributed by atoms with Gasteiger partial charge in [0.05, 0.1) is 0 Å². The van der Waals surface area contributed by atoms with Gasteiger partial charge in [0, 0.05) is 11.8 Å². The Balaban J connectivity index is 1.27. The Morgan fingerprint density at radius 1 is 0.853 bits per heavy atom. The van der Waals surface area contributed by atoms with Crippen molar-refractivity contribution in [2.75, 3.05) is 25.1 Å². The monoisotopic (exact) mass is 462 g/mol. The number of hydrogen-bond donors (Lipinski definition) is 2. The van der Waals surface area contributed by atoms with E-state index in [0.29, 0.717) is 36.1 Å². The average Bonchev–Trinajstić information content (AvgIpc) is 2.86. The zero-order valence-corrected chi connectivity index (χ0v) is 18.1. The molecule has 0 saturated carbocycles. The van der Waals surface area contributed by atoms with Crippen LogP contribution in [0.2, 0.25) is 0 Å². The molecule has 1 aliphatic heterocycles. The van der Waals surface area contributed by atoms with E-state index in [1.807, 2.05) is 30.3 Å². The number of hydrogen-bond acceptors (Lipinski definition) is 7. The molecular weight excluding hydrogens is 440 g/mol. The molecule has 0 bridgehead atoms. The van der Waals surface area contributed by atoms with Gasteiger partial charge in [0.1, 0.15) is 31.1 Å². The predicted molar refractivity (Wildman–Crippen MR) is 122 cm³/mol. The minimum absolute atomic E-state index is 0.173. The van der Waals surface area contributed by atoms with Crippen molar-refractivity contribution in [2.24, 2.45) is 0 Å². The molecule has 174 valence electrons. The second kappa shape index (κ2) is 10.9. The van der Waals surface area contributed by atoms with E-state index in [4.69, 9.17) is 18.9 Å². The van der Waals surface area contributed by atoms with E-state index >= 15 is 0 Å². The lowest BCUT2D eigenvalue weighted by atomic mass is 10.2. The van der Waals surface area contributed by atoms with Crippen LogP contribution in [0, 0.1) is 0 Å². The van der Waals surface area contributed by atoms with E-state index in [9.17, 15) is 14.4 Å². The van der Waals surface area contributed by atoms with Gasteiger partial charge in [-0.3, -0.25) is 10.1 Å². The van der Waals surface area contributed by atoms with Crippen LogP contribution in [-0.4, -0.2) is 37.7 Å². The standard InChI is InChI=1S/C25H22N2O7/c28-23(27-25(30)26-18-10-11-21-22(14-18)32-13-12-31-21)16-34-24(29)19-8-4-5-9-20(19)33-15-17-6-2-1-3-7-17/h1-11,14H,12-13,15-16H2,(H2,26,27,28,30). The van der Waals surface area contributed by atoms with Gasteiger partial charge in [-0.05, 0) is 29.8 Å². The highest BCUT2D eigenvalue weighted by molar-refractivity contribution is 6.02. The molecule has 9 nitrogen and oxygen atoms in total. The Morgan fingerprint density at radius 3 is 2.41 bits per heavy atom. The fourth-order valence-corrected chi connectivity index (χ4v) is 3.15. The third-order valence-electron chi connectivity index (χ3n) is 4.73. The number of para-hydroxylation sites is 1. The topological polar surface area (TPSA) is 112 Å². The predicted octanol–water partition coefficient (Wildman–Crippen LogP) is 3.54. The fourth-order valence-electron chi connectivity index (χ4n) is 3.15. The molecule has 4 rings (SSSR count). The SMILES string of the molecule is O=C(COC(=O)c1ccccc1OCc1ccccc1)NC(=O)Nc1ccc2c(c1)OCCO2. The van der Waals surface area contributed by atoms with Gasteiger partial charge in [0.15, 0.2) is 18.1 Å². The highest BCUT2D eigenvalue weighted by atomic mass is 16.6. The van der Waals surface area contributed by atoms with Gasteiger partial charge in [0.2, 0.25) is 0 Å². The molecule has 34 heavy (non-hydrogen) atoms. The second-order valence-corrected chi connectivity index (χ2v) is 7.21. The molecular formula is C25H22N2O7. The maximum Gasteiger partial charge on any atom is 0.342 e. The number of imide groups is 1. The van der Waals surface area contributed by atoms with Gasteiger partial charge >= 0.3 is 12.0 Å². The first kappa shape index (κ1) is 22.7. The molecule has 0 aliphatic carbocycles. The largest absolute Gasteiger partial charge is 0.488 e. The summed E-state index contributed by atoms with van der Waals surface area (Å²) in [5.41, 5.74) is 1.53. The van der Waals surface area contributed by atoms with Crippen molar-refractivity contribution in [1.82, 2.24) is 5.32 Å². The highest BCUT2D eigenvalue weighted by Gasteiger charge is 2.17. The first-order chi connectivity index (χ1) is 16.6. The fraction of sp³-hybridized carbons (Fsp3) is 0.160.